The lowest BCUT2D eigenvalue weighted by Crippen LogP contribution is -2.16. The van der Waals surface area contributed by atoms with E-state index in [2.05, 4.69) is 15.5 Å². The summed E-state index contributed by atoms with van der Waals surface area (Å²) in [5.74, 6) is 0.607. The van der Waals surface area contributed by atoms with Crippen LogP contribution < -0.4 is 5.43 Å². The summed E-state index contributed by atoms with van der Waals surface area (Å²) in [5.41, 5.74) is 3.99. The number of hydrazone groups is 1. The summed E-state index contributed by atoms with van der Waals surface area (Å²) in [7, 11) is 0. The van der Waals surface area contributed by atoms with Gasteiger partial charge in [0.15, 0.2) is 5.76 Å². The highest BCUT2D eigenvalue weighted by Gasteiger charge is 2.11. The Morgan fingerprint density at radius 1 is 1.44 bits per heavy atom. The second-order valence-corrected chi connectivity index (χ2v) is 3.80. The molecule has 1 amide bonds. The predicted octanol–water partition coefficient (Wildman–Crippen LogP) is 2.06. The third-order valence-electron chi connectivity index (χ3n) is 2.44. The van der Waals surface area contributed by atoms with Crippen LogP contribution >= 0.6 is 0 Å². The van der Waals surface area contributed by atoms with Crippen molar-refractivity contribution in [2.45, 2.75) is 13.8 Å². The van der Waals surface area contributed by atoms with Crippen molar-refractivity contribution in [3.63, 3.8) is 0 Å². The number of aromatic nitrogens is 1. The van der Waals surface area contributed by atoms with Crippen LogP contribution in [0.1, 0.15) is 27.6 Å². The summed E-state index contributed by atoms with van der Waals surface area (Å²) in [6.45, 7) is 3.69. The van der Waals surface area contributed by atoms with Gasteiger partial charge in [-0.1, -0.05) is 6.07 Å². The lowest BCUT2D eigenvalue weighted by atomic mass is 10.3. The number of hydrogen-bond acceptors (Lipinski definition) is 4. The maximum atomic E-state index is 11.7. The van der Waals surface area contributed by atoms with E-state index in [1.807, 2.05) is 26.0 Å². The second-order valence-electron chi connectivity index (χ2n) is 3.80. The van der Waals surface area contributed by atoms with Crippen LogP contribution in [0, 0.1) is 13.8 Å². The molecule has 18 heavy (non-hydrogen) atoms. The van der Waals surface area contributed by atoms with E-state index in [0.29, 0.717) is 5.69 Å². The number of nitrogens with zero attached hydrogens (tertiary/aromatic N) is 2. The Labute approximate surface area is 105 Å². The van der Waals surface area contributed by atoms with E-state index in [9.17, 15) is 4.79 Å². The molecule has 2 aromatic rings. The molecule has 0 aromatic carbocycles. The van der Waals surface area contributed by atoms with E-state index >= 15 is 0 Å². The van der Waals surface area contributed by atoms with Crippen molar-refractivity contribution >= 4 is 12.1 Å². The first-order chi connectivity index (χ1) is 8.66. The highest BCUT2D eigenvalue weighted by atomic mass is 16.4. The zero-order chi connectivity index (χ0) is 13.0. The molecule has 2 aromatic heterocycles. The largest absolute Gasteiger partial charge is 0.456 e. The highest BCUT2D eigenvalue weighted by molar-refractivity contribution is 5.92. The summed E-state index contributed by atoms with van der Waals surface area (Å²) in [6, 6.07) is 7.12. The number of rotatable bonds is 3. The van der Waals surface area contributed by atoms with Gasteiger partial charge in [0.05, 0.1) is 11.9 Å². The molecule has 5 nitrogen and oxygen atoms in total. The van der Waals surface area contributed by atoms with Crippen LogP contribution in [0.25, 0.3) is 0 Å². The number of amides is 1. The van der Waals surface area contributed by atoms with Gasteiger partial charge in [-0.15, -0.1) is 0 Å². The van der Waals surface area contributed by atoms with Crippen LogP contribution in [0.4, 0.5) is 0 Å². The lowest BCUT2D eigenvalue weighted by Gasteiger charge is -1.95. The second kappa shape index (κ2) is 5.27. The predicted molar refractivity (Wildman–Crippen MR) is 67.5 cm³/mol. The normalized spacial score (nSPS) is 10.8. The van der Waals surface area contributed by atoms with E-state index in [-0.39, 0.29) is 11.7 Å². The molecule has 0 unspecified atom stereocenters. The number of furan rings is 1. The molecule has 0 saturated heterocycles. The fourth-order valence-corrected chi connectivity index (χ4v) is 1.35. The molecule has 0 aliphatic heterocycles. The standard InChI is InChI=1S/C13H13N3O2/c1-9-7-12(18-10(9)2)13(17)16-15-8-11-5-3-4-6-14-11/h3-8H,1-2H3,(H,16,17). The number of carbonyl (C=O) groups is 1. The molecule has 0 atom stereocenters. The van der Waals surface area contributed by atoms with Crippen molar-refractivity contribution in [3.05, 3.63) is 53.2 Å². The molecular weight excluding hydrogens is 230 g/mol. The van der Waals surface area contributed by atoms with Gasteiger partial charge in [0.25, 0.3) is 0 Å². The average molecular weight is 243 g/mol. The van der Waals surface area contributed by atoms with Gasteiger partial charge in [0.2, 0.25) is 0 Å². The van der Waals surface area contributed by atoms with E-state index in [0.717, 1.165) is 11.3 Å². The van der Waals surface area contributed by atoms with Crippen molar-refractivity contribution in [1.29, 1.82) is 0 Å². The van der Waals surface area contributed by atoms with Crippen molar-refractivity contribution in [3.8, 4) is 0 Å². The Morgan fingerprint density at radius 2 is 2.28 bits per heavy atom. The summed E-state index contributed by atoms with van der Waals surface area (Å²) < 4.78 is 5.28. The van der Waals surface area contributed by atoms with Crippen LogP contribution in [0.15, 0.2) is 40.0 Å². The molecule has 0 aliphatic carbocycles. The van der Waals surface area contributed by atoms with E-state index in [1.165, 1.54) is 6.21 Å². The average Bonchev–Trinajstić information content (AvgIpc) is 2.71. The van der Waals surface area contributed by atoms with Crippen LogP contribution in [0.5, 0.6) is 0 Å². The number of pyridine rings is 1. The summed E-state index contributed by atoms with van der Waals surface area (Å²) in [6.07, 6.45) is 3.13. The van der Waals surface area contributed by atoms with Gasteiger partial charge in [0.1, 0.15) is 5.76 Å². The molecule has 0 saturated carbocycles. The van der Waals surface area contributed by atoms with Crippen molar-refractivity contribution < 1.29 is 9.21 Å². The third-order valence-corrected chi connectivity index (χ3v) is 2.44. The number of aryl methyl sites for hydroxylation is 2. The monoisotopic (exact) mass is 243 g/mol. The van der Waals surface area contributed by atoms with E-state index in [1.54, 1.807) is 18.3 Å². The Morgan fingerprint density at radius 3 is 2.89 bits per heavy atom. The maximum absolute atomic E-state index is 11.7. The Hall–Kier alpha value is -2.43. The number of carbonyl (C=O) groups excluding carboxylic acids is 1. The van der Waals surface area contributed by atoms with Gasteiger partial charge in [-0.2, -0.15) is 5.10 Å². The molecule has 2 heterocycles. The molecule has 1 N–H and O–H groups in total. The summed E-state index contributed by atoms with van der Waals surface area (Å²) in [4.78, 5) is 15.7. The van der Waals surface area contributed by atoms with Gasteiger partial charge in [-0.25, -0.2) is 5.43 Å². The Bertz CT molecular complexity index is 554. The fraction of sp³-hybridized carbons (Fsp3) is 0.154. The summed E-state index contributed by atoms with van der Waals surface area (Å²) in [5, 5.41) is 3.81. The molecule has 5 heteroatoms. The van der Waals surface area contributed by atoms with Crippen molar-refractivity contribution in [1.82, 2.24) is 10.4 Å². The molecule has 0 radical (unpaired) electrons. The molecule has 2 rings (SSSR count). The summed E-state index contributed by atoms with van der Waals surface area (Å²) >= 11 is 0. The van der Waals surface area contributed by atoms with Gasteiger partial charge in [-0.3, -0.25) is 9.78 Å². The third kappa shape index (κ3) is 2.82. The van der Waals surface area contributed by atoms with E-state index in [4.69, 9.17) is 4.42 Å². The SMILES string of the molecule is Cc1cc(C(=O)NN=Cc2ccccn2)oc1C. The van der Waals surface area contributed by atoms with Crippen LogP contribution in [-0.2, 0) is 0 Å². The molecule has 92 valence electrons. The van der Waals surface area contributed by atoms with Gasteiger partial charge in [0, 0.05) is 6.20 Å². The molecular formula is C13H13N3O2. The quantitative estimate of drug-likeness (QED) is 0.662. The van der Waals surface area contributed by atoms with Crippen LogP contribution in [-0.4, -0.2) is 17.1 Å². The van der Waals surface area contributed by atoms with Gasteiger partial charge in [-0.05, 0) is 37.6 Å². The first-order valence-corrected chi connectivity index (χ1v) is 5.48. The molecule has 0 aliphatic rings. The van der Waals surface area contributed by atoms with Crippen molar-refractivity contribution in [2.24, 2.45) is 5.10 Å². The topological polar surface area (TPSA) is 67.5 Å². The van der Waals surface area contributed by atoms with Gasteiger partial charge >= 0.3 is 5.91 Å². The first-order valence-electron chi connectivity index (χ1n) is 5.48. The highest BCUT2D eigenvalue weighted by Crippen LogP contribution is 2.12. The minimum Gasteiger partial charge on any atom is -0.456 e. The minimum absolute atomic E-state index is 0.253. The number of hydrogen-bond donors (Lipinski definition) is 1. The van der Waals surface area contributed by atoms with Crippen LogP contribution in [0.3, 0.4) is 0 Å². The molecule has 0 fully saturated rings. The smallest absolute Gasteiger partial charge is 0.307 e. The maximum Gasteiger partial charge on any atom is 0.307 e. The zero-order valence-corrected chi connectivity index (χ0v) is 10.2. The Balaban J connectivity index is 1.98. The zero-order valence-electron chi connectivity index (χ0n) is 10.2. The Kier molecular flexibility index (Phi) is 3.52. The number of nitrogens with one attached hydrogen (secondary N) is 1. The fourth-order valence-electron chi connectivity index (χ4n) is 1.35. The minimum atomic E-state index is -0.376. The molecule has 0 bridgehead atoms. The van der Waals surface area contributed by atoms with E-state index < -0.39 is 0 Å². The lowest BCUT2D eigenvalue weighted by molar-refractivity contribution is 0.0926. The van der Waals surface area contributed by atoms with Crippen molar-refractivity contribution in [2.75, 3.05) is 0 Å². The molecule has 0 spiro atoms. The van der Waals surface area contributed by atoms with Crippen LogP contribution in [0.2, 0.25) is 0 Å². The van der Waals surface area contributed by atoms with Gasteiger partial charge < -0.3 is 4.42 Å². The first kappa shape index (κ1) is 12.0.